The summed E-state index contributed by atoms with van der Waals surface area (Å²) >= 11 is 0. The number of aromatic nitrogens is 2. The molecule has 3 rings (SSSR count). The molecule has 1 aromatic carbocycles. The maximum atomic E-state index is 13.8. The molecule has 88 valence electrons. The number of halogens is 1. The molecule has 0 amide bonds. The van der Waals surface area contributed by atoms with Gasteiger partial charge in [0.05, 0.1) is 6.20 Å². The van der Waals surface area contributed by atoms with Crippen molar-refractivity contribution in [1.29, 1.82) is 0 Å². The normalized spacial score (nSPS) is 13.0. The summed E-state index contributed by atoms with van der Waals surface area (Å²) in [6, 6.07) is 1.46. The van der Waals surface area contributed by atoms with E-state index in [-0.39, 0.29) is 29.7 Å². The Morgan fingerprint density at radius 3 is 2.94 bits per heavy atom. The summed E-state index contributed by atoms with van der Waals surface area (Å²) in [6.45, 7) is -0.0734. The Hall–Kier alpha value is -2.44. The molecule has 0 unspecified atom stereocenters. The van der Waals surface area contributed by atoms with Crippen LogP contribution in [0.1, 0.15) is 0 Å². The lowest BCUT2D eigenvalue weighted by Gasteiger charge is -2.06. The number of nitrogens with zero attached hydrogens (tertiary/aromatic N) is 1. The molecule has 4 N–H and O–H groups in total. The molecule has 0 saturated heterocycles. The Labute approximate surface area is 94.8 Å². The van der Waals surface area contributed by atoms with Gasteiger partial charge in [0.25, 0.3) is 0 Å². The summed E-state index contributed by atoms with van der Waals surface area (Å²) in [5.41, 5.74) is 6.22. The number of benzene rings is 1. The van der Waals surface area contributed by atoms with Gasteiger partial charge in [0.2, 0.25) is 18.4 Å². The van der Waals surface area contributed by atoms with Crippen molar-refractivity contribution in [2.24, 2.45) is 0 Å². The predicted octanol–water partition coefficient (Wildman–Crippen LogP) is 1.23. The van der Waals surface area contributed by atoms with E-state index in [1.165, 1.54) is 12.3 Å². The van der Waals surface area contributed by atoms with Crippen LogP contribution in [-0.2, 0) is 0 Å². The van der Waals surface area contributed by atoms with E-state index in [9.17, 15) is 9.50 Å². The molecule has 0 saturated carbocycles. The van der Waals surface area contributed by atoms with Crippen LogP contribution in [0.2, 0.25) is 0 Å². The van der Waals surface area contributed by atoms with E-state index in [1.54, 1.807) is 0 Å². The van der Waals surface area contributed by atoms with Crippen LogP contribution in [0.4, 0.5) is 10.2 Å². The molecule has 0 fully saturated rings. The second-order valence-electron chi connectivity index (χ2n) is 3.52. The summed E-state index contributed by atoms with van der Waals surface area (Å²) < 4.78 is 23.7. The van der Waals surface area contributed by atoms with Crippen molar-refractivity contribution in [3.05, 3.63) is 18.1 Å². The Morgan fingerprint density at radius 1 is 1.41 bits per heavy atom. The Balaban J connectivity index is 2.25. The molecule has 0 aliphatic carbocycles. The second-order valence-corrected chi connectivity index (χ2v) is 3.52. The maximum Gasteiger partial charge on any atom is 0.231 e. The molecule has 1 aliphatic rings. The smallest absolute Gasteiger partial charge is 0.231 e. The first kappa shape index (κ1) is 9.76. The highest BCUT2D eigenvalue weighted by molar-refractivity contribution is 5.80. The fourth-order valence-corrected chi connectivity index (χ4v) is 1.71. The van der Waals surface area contributed by atoms with Gasteiger partial charge >= 0.3 is 0 Å². The van der Waals surface area contributed by atoms with Crippen LogP contribution in [0.3, 0.4) is 0 Å². The van der Waals surface area contributed by atoms with Gasteiger partial charge in [-0.25, -0.2) is 0 Å². The topological polar surface area (TPSA) is 93.4 Å². The van der Waals surface area contributed by atoms with Crippen molar-refractivity contribution in [1.82, 2.24) is 10.2 Å². The molecular formula is C10H8FN3O3. The van der Waals surface area contributed by atoms with E-state index >= 15 is 0 Å². The summed E-state index contributed by atoms with van der Waals surface area (Å²) in [6.07, 6.45) is 1.39. The molecule has 2 heterocycles. The lowest BCUT2D eigenvalue weighted by atomic mass is 10.1. The monoisotopic (exact) mass is 237 g/mol. The number of phenols is 1. The third-order valence-corrected chi connectivity index (χ3v) is 2.54. The van der Waals surface area contributed by atoms with E-state index < -0.39 is 11.6 Å². The predicted molar refractivity (Wildman–Crippen MR) is 56.2 cm³/mol. The number of rotatable bonds is 1. The van der Waals surface area contributed by atoms with Crippen molar-refractivity contribution < 1.29 is 19.0 Å². The zero-order valence-corrected chi connectivity index (χ0v) is 8.53. The fraction of sp³-hybridized carbons (Fsp3) is 0.100. The fourth-order valence-electron chi connectivity index (χ4n) is 1.71. The van der Waals surface area contributed by atoms with Gasteiger partial charge in [-0.05, 0) is 6.07 Å². The van der Waals surface area contributed by atoms with Crippen LogP contribution in [0.25, 0.3) is 11.1 Å². The number of aromatic amines is 1. The number of phenolic OH excluding ortho intramolecular Hbond substituents is 1. The minimum atomic E-state index is -0.865. The average molecular weight is 237 g/mol. The minimum absolute atomic E-state index is 0.0734. The van der Waals surface area contributed by atoms with Gasteiger partial charge in [0, 0.05) is 11.1 Å². The number of aromatic hydroxyl groups is 1. The van der Waals surface area contributed by atoms with Crippen LogP contribution in [0, 0.1) is 5.82 Å². The molecule has 7 heteroatoms. The first-order valence-corrected chi connectivity index (χ1v) is 4.78. The quantitative estimate of drug-likeness (QED) is 0.693. The van der Waals surface area contributed by atoms with Gasteiger partial charge in [-0.2, -0.15) is 9.49 Å². The highest BCUT2D eigenvalue weighted by Crippen LogP contribution is 2.45. The van der Waals surface area contributed by atoms with Gasteiger partial charge in [-0.1, -0.05) is 0 Å². The van der Waals surface area contributed by atoms with Gasteiger partial charge in [-0.15, -0.1) is 0 Å². The highest BCUT2D eigenvalue weighted by atomic mass is 19.1. The standard InChI is InChI=1S/C10H8FN3O3/c11-7-8(15)4(5-2-13-14-10(5)12)1-6-9(7)17-3-16-6/h1-2,15H,3H2,(H3,12,13,14). The highest BCUT2D eigenvalue weighted by Gasteiger charge is 2.26. The van der Waals surface area contributed by atoms with E-state index in [4.69, 9.17) is 15.2 Å². The first-order valence-electron chi connectivity index (χ1n) is 4.78. The molecule has 0 spiro atoms. The third-order valence-electron chi connectivity index (χ3n) is 2.54. The Bertz CT molecular complexity index is 597. The number of ether oxygens (including phenoxy) is 2. The summed E-state index contributed by atoms with van der Waals surface area (Å²) in [5.74, 6) is -1.03. The second kappa shape index (κ2) is 3.27. The van der Waals surface area contributed by atoms with Crippen LogP contribution in [0.15, 0.2) is 12.3 Å². The molecule has 0 radical (unpaired) electrons. The van der Waals surface area contributed by atoms with Crippen LogP contribution < -0.4 is 15.2 Å². The largest absolute Gasteiger partial charge is 0.504 e. The zero-order valence-electron chi connectivity index (χ0n) is 8.53. The van der Waals surface area contributed by atoms with Gasteiger partial charge in [0.1, 0.15) is 5.82 Å². The SMILES string of the molecule is Nc1[nH]ncc1-c1cc2c(c(F)c1O)OCO2. The number of nitrogen functional groups attached to an aromatic ring is 1. The average Bonchev–Trinajstić information content (AvgIpc) is 2.92. The van der Waals surface area contributed by atoms with Crippen molar-refractivity contribution in [2.45, 2.75) is 0 Å². The third kappa shape index (κ3) is 1.28. The van der Waals surface area contributed by atoms with Gasteiger partial charge in [-0.3, -0.25) is 5.10 Å². The van der Waals surface area contributed by atoms with Crippen LogP contribution >= 0.6 is 0 Å². The number of H-pyrrole nitrogens is 1. The summed E-state index contributed by atoms with van der Waals surface area (Å²) in [4.78, 5) is 0. The molecular weight excluding hydrogens is 229 g/mol. The molecule has 6 nitrogen and oxygen atoms in total. The molecule has 1 aliphatic heterocycles. The Kier molecular flexibility index (Phi) is 1.88. The number of nitrogens with two attached hydrogens (primary N) is 1. The van der Waals surface area contributed by atoms with Crippen molar-refractivity contribution >= 4 is 5.82 Å². The molecule has 0 atom stereocenters. The first-order chi connectivity index (χ1) is 8.18. The lowest BCUT2D eigenvalue weighted by Crippen LogP contribution is -1.93. The number of fused-ring (bicyclic) bond motifs is 1. The van der Waals surface area contributed by atoms with Crippen LogP contribution in [0.5, 0.6) is 17.2 Å². The van der Waals surface area contributed by atoms with Crippen LogP contribution in [-0.4, -0.2) is 22.1 Å². The molecule has 0 bridgehead atoms. The molecule has 17 heavy (non-hydrogen) atoms. The number of hydrogen-bond donors (Lipinski definition) is 3. The molecule has 2 aromatic rings. The number of nitrogens with one attached hydrogen (secondary N) is 1. The van der Waals surface area contributed by atoms with E-state index in [2.05, 4.69) is 10.2 Å². The Morgan fingerprint density at radius 2 is 2.24 bits per heavy atom. The minimum Gasteiger partial charge on any atom is -0.504 e. The van der Waals surface area contributed by atoms with Gasteiger partial charge in [0.15, 0.2) is 11.5 Å². The molecule has 1 aromatic heterocycles. The summed E-state index contributed by atoms with van der Waals surface area (Å²) in [7, 11) is 0. The van der Waals surface area contributed by atoms with E-state index in [0.717, 1.165) is 0 Å². The van der Waals surface area contributed by atoms with E-state index in [0.29, 0.717) is 5.56 Å². The van der Waals surface area contributed by atoms with Crippen molar-refractivity contribution in [3.8, 4) is 28.4 Å². The number of anilines is 1. The lowest BCUT2D eigenvalue weighted by molar-refractivity contribution is 0.170. The van der Waals surface area contributed by atoms with Gasteiger partial charge < -0.3 is 20.3 Å². The zero-order chi connectivity index (χ0) is 12.0. The van der Waals surface area contributed by atoms with Crippen molar-refractivity contribution in [2.75, 3.05) is 12.5 Å². The van der Waals surface area contributed by atoms with Crippen molar-refractivity contribution in [3.63, 3.8) is 0 Å². The van der Waals surface area contributed by atoms with E-state index in [1.807, 2.05) is 0 Å². The number of hydrogen-bond acceptors (Lipinski definition) is 5. The summed E-state index contributed by atoms with van der Waals surface area (Å²) in [5, 5.41) is 16.0. The maximum absolute atomic E-state index is 13.8.